The van der Waals surface area contributed by atoms with Gasteiger partial charge in [0.05, 0.1) is 0 Å². The summed E-state index contributed by atoms with van der Waals surface area (Å²) in [4.78, 5) is 11.5. The smallest absolute Gasteiger partial charge is 0.135 e. The fraction of sp³-hybridized carbons (Fsp3) is 0.714. The third-order valence-corrected chi connectivity index (χ3v) is 4.66. The van der Waals surface area contributed by atoms with Crippen LogP contribution in [0.4, 0.5) is 5.82 Å². The average molecular weight is 310 g/mol. The second-order valence-electron chi connectivity index (χ2n) is 5.41. The number of aromatic nitrogens is 2. The normalized spacial score (nSPS) is 23.2. The quantitative estimate of drug-likeness (QED) is 0.804. The molecule has 3 nitrogen and oxygen atoms in total. The second kappa shape index (κ2) is 5.55. The van der Waals surface area contributed by atoms with Gasteiger partial charge in [0.1, 0.15) is 12.1 Å². The Morgan fingerprint density at radius 1 is 1.28 bits per heavy atom. The van der Waals surface area contributed by atoms with Crippen molar-refractivity contribution in [3.05, 3.63) is 17.6 Å². The lowest BCUT2D eigenvalue weighted by Crippen LogP contribution is -2.24. The van der Waals surface area contributed by atoms with Crippen LogP contribution < -0.4 is 4.90 Å². The summed E-state index contributed by atoms with van der Waals surface area (Å²) < 4.78 is 0. The van der Waals surface area contributed by atoms with Crippen LogP contribution in [-0.2, 0) is 12.8 Å². The van der Waals surface area contributed by atoms with Crippen LogP contribution in [0.15, 0.2) is 6.33 Å². The van der Waals surface area contributed by atoms with Crippen LogP contribution in [0.2, 0.25) is 0 Å². The number of anilines is 1. The number of halogens is 1. The summed E-state index contributed by atoms with van der Waals surface area (Å²) in [6.07, 6.45) is 9.25. The Hall–Kier alpha value is -0.640. The van der Waals surface area contributed by atoms with E-state index in [1.54, 1.807) is 6.33 Å². The highest BCUT2D eigenvalue weighted by Crippen LogP contribution is 2.31. The molecular weight excluding hydrogens is 290 g/mol. The van der Waals surface area contributed by atoms with Crippen molar-refractivity contribution >= 4 is 21.7 Å². The Morgan fingerprint density at radius 3 is 3.06 bits per heavy atom. The highest BCUT2D eigenvalue weighted by Gasteiger charge is 2.26. The number of hydrogen-bond acceptors (Lipinski definition) is 3. The Morgan fingerprint density at radius 2 is 2.17 bits per heavy atom. The van der Waals surface area contributed by atoms with E-state index >= 15 is 0 Å². The molecule has 4 heteroatoms. The van der Waals surface area contributed by atoms with Crippen molar-refractivity contribution in [2.75, 3.05) is 23.3 Å². The fourth-order valence-corrected chi connectivity index (χ4v) is 3.84. The van der Waals surface area contributed by atoms with Gasteiger partial charge >= 0.3 is 0 Å². The summed E-state index contributed by atoms with van der Waals surface area (Å²) in [5.74, 6) is 2.07. The third-order valence-electron chi connectivity index (χ3n) is 4.20. The molecule has 0 aromatic carbocycles. The third kappa shape index (κ3) is 2.40. The number of rotatable bonds is 3. The molecule has 1 fully saturated rings. The first-order valence-corrected chi connectivity index (χ1v) is 8.14. The van der Waals surface area contributed by atoms with Gasteiger partial charge in [-0.1, -0.05) is 15.9 Å². The minimum Gasteiger partial charge on any atom is -0.356 e. The largest absolute Gasteiger partial charge is 0.356 e. The maximum atomic E-state index is 4.57. The van der Waals surface area contributed by atoms with Gasteiger partial charge in [-0.3, -0.25) is 0 Å². The van der Waals surface area contributed by atoms with Crippen molar-refractivity contribution in [2.45, 2.75) is 38.5 Å². The maximum absolute atomic E-state index is 4.57. The molecule has 1 aliphatic heterocycles. The Kier molecular flexibility index (Phi) is 3.83. The molecule has 1 aliphatic carbocycles. The lowest BCUT2D eigenvalue weighted by Gasteiger charge is -2.24. The van der Waals surface area contributed by atoms with Crippen molar-refractivity contribution in [2.24, 2.45) is 5.92 Å². The molecule has 18 heavy (non-hydrogen) atoms. The summed E-state index contributed by atoms with van der Waals surface area (Å²) in [5.41, 5.74) is 2.73. The molecule has 2 aliphatic rings. The van der Waals surface area contributed by atoms with Gasteiger partial charge < -0.3 is 4.90 Å². The van der Waals surface area contributed by atoms with E-state index in [1.807, 2.05) is 0 Å². The van der Waals surface area contributed by atoms with Crippen LogP contribution in [-0.4, -0.2) is 28.4 Å². The first-order valence-electron chi connectivity index (χ1n) is 7.02. The minimum absolute atomic E-state index is 0.832. The molecule has 1 saturated heterocycles. The molecule has 0 radical (unpaired) electrons. The summed E-state index contributed by atoms with van der Waals surface area (Å²) in [7, 11) is 0. The van der Waals surface area contributed by atoms with Gasteiger partial charge in [-0.25, -0.2) is 9.97 Å². The maximum Gasteiger partial charge on any atom is 0.135 e. The van der Waals surface area contributed by atoms with Crippen LogP contribution in [0, 0.1) is 5.92 Å². The number of nitrogens with zero attached hydrogens (tertiary/aromatic N) is 3. The molecule has 0 saturated carbocycles. The molecule has 0 bridgehead atoms. The zero-order valence-electron chi connectivity index (χ0n) is 10.7. The van der Waals surface area contributed by atoms with E-state index in [2.05, 4.69) is 30.8 Å². The van der Waals surface area contributed by atoms with Crippen molar-refractivity contribution in [3.63, 3.8) is 0 Å². The molecule has 0 spiro atoms. The highest BCUT2D eigenvalue weighted by atomic mass is 79.9. The summed E-state index contributed by atoms with van der Waals surface area (Å²) >= 11 is 3.55. The standard InChI is InChI=1S/C14H20BrN3/c15-7-5-11-6-8-18(9-11)14-12-3-1-2-4-13(12)16-10-17-14/h10-11H,1-9H2. The van der Waals surface area contributed by atoms with Crippen molar-refractivity contribution < 1.29 is 0 Å². The lowest BCUT2D eigenvalue weighted by atomic mass is 9.96. The van der Waals surface area contributed by atoms with Gasteiger partial charge in [0.2, 0.25) is 0 Å². The van der Waals surface area contributed by atoms with E-state index in [9.17, 15) is 0 Å². The molecule has 1 aromatic heterocycles. The van der Waals surface area contributed by atoms with Gasteiger partial charge in [-0.15, -0.1) is 0 Å². The topological polar surface area (TPSA) is 29.0 Å². The van der Waals surface area contributed by atoms with Crippen LogP contribution in [0.1, 0.15) is 36.9 Å². The molecule has 1 unspecified atom stereocenters. The molecule has 0 N–H and O–H groups in total. The number of aryl methyl sites for hydroxylation is 1. The van der Waals surface area contributed by atoms with E-state index in [0.717, 1.165) is 17.7 Å². The van der Waals surface area contributed by atoms with Crippen LogP contribution in [0.5, 0.6) is 0 Å². The molecule has 1 aromatic rings. The minimum atomic E-state index is 0.832. The summed E-state index contributed by atoms with van der Waals surface area (Å²) in [6.45, 7) is 2.34. The zero-order chi connectivity index (χ0) is 12.4. The van der Waals surface area contributed by atoms with Gasteiger partial charge in [-0.05, 0) is 44.4 Å². The Labute approximate surface area is 117 Å². The summed E-state index contributed by atoms with van der Waals surface area (Å²) in [5, 5.41) is 1.12. The Bertz CT molecular complexity index is 422. The van der Waals surface area contributed by atoms with E-state index in [0.29, 0.717) is 0 Å². The predicted molar refractivity (Wildman–Crippen MR) is 77.4 cm³/mol. The van der Waals surface area contributed by atoms with Crippen LogP contribution in [0.3, 0.4) is 0 Å². The molecule has 2 heterocycles. The number of fused-ring (bicyclic) bond motifs is 1. The first-order chi connectivity index (χ1) is 8.88. The van der Waals surface area contributed by atoms with Gasteiger partial charge in [0, 0.05) is 29.7 Å². The zero-order valence-corrected chi connectivity index (χ0v) is 12.3. The van der Waals surface area contributed by atoms with Crippen molar-refractivity contribution in [3.8, 4) is 0 Å². The van der Waals surface area contributed by atoms with Crippen LogP contribution >= 0.6 is 15.9 Å². The molecule has 3 rings (SSSR count). The highest BCUT2D eigenvalue weighted by molar-refractivity contribution is 9.09. The molecule has 1 atom stereocenters. The van der Waals surface area contributed by atoms with Crippen molar-refractivity contribution in [1.82, 2.24) is 9.97 Å². The number of alkyl halides is 1. The lowest BCUT2D eigenvalue weighted by molar-refractivity contribution is 0.574. The van der Waals surface area contributed by atoms with Gasteiger partial charge in [-0.2, -0.15) is 0 Å². The molecule has 0 amide bonds. The van der Waals surface area contributed by atoms with E-state index < -0.39 is 0 Å². The van der Waals surface area contributed by atoms with Gasteiger partial charge in [0.25, 0.3) is 0 Å². The fourth-order valence-electron chi connectivity index (χ4n) is 3.19. The Balaban J connectivity index is 1.80. The van der Waals surface area contributed by atoms with Crippen LogP contribution in [0.25, 0.3) is 0 Å². The monoisotopic (exact) mass is 309 g/mol. The molecular formula is C14H20BrN3. The summed E-state index contributed by atoms with van der Waals surface area (Å²) in [6, 6.07) is 0. The average Bonchev–Trinajstić information content (AvgIpc) is 2.87. The second-order valence-corrected chi connectivity index (χ2v) is 6.20. The van der Waals surface area contributed by atoms with E-state index in [-0.39, 0.29) is 0 Å². The first kappa shape index (κ1) is 12.4. The van der Waals surface area contributed by atoms with E-state index in [1.165, 1.54) is 62.3 Å². The van der Waals surface area contributed by atoms with Gasteiger partial charge in [0.15, 0.2) is 0 Å². The predicted octanol–water partition coefficient (Wildman–Crippen LogP) is 2.97. The molecule has 98 valence electrons. The van der Waals surface area contributed by atoms with Crippen molar-refractivity contribution in [1.29, 1.82) is 0 Å². The SMILES string of the molecule is BrCCC1CCN(c2ncnc3c2CCCC3)C1. The number of hydrogen-bond donors (Lipinski definition) is 0. The van der Waals surface area contributed by atoms with E-state index in [4.69, 9.17) is 0 Å².